The molecule has 4 N–H and O–H groups in total. The van der Waals surface area contributed by atoms with Crippen molar-refractivity contribution in [1.29, 1.82) is 0 Å². The third-order valence-corrected chi connectivity index (χ3v) is 6.44. The summed E-state index contributed by atoms with van der Waals surface area (Å²) in [6, 6.07) is 13.8. The van der Waals surface area contributed by atoms with Crippen molar-refractivity contribution in [2.24, 2.45) is 5.14 Å². The van der Waals surface area contributed by atoms with Crippen molar-refractivity contribution < 1.29 is 13.2 Å². The van der Waals surface area contributed by atoms with Gasteiger partial charge in [-0.25, -0.2) is 13.6 Å². The van der Waals surface area contributed by atoms with Crippen molar-refractivity contribution in [3.8, 4) is 16.9 Å². The highest BCUT2D eigenvalue weighted by molar-refractivity contribution is 7.89. The van der Waals surface area contributed by atoms with Crippen LogP contribution in [0.4, 0.5) is 0 Å². The molecule has 0 unspecified atom stereocenters. The van der Waals surface area contributed by atoms with E-state index in [1.54, 1.807) is 19.2 Å². The number of rotatable bonds is 7. The van der Waals surface area contributed by atoms with Crippen molar-refractivity contribution in [2.75, 3.05) is 14.2 Å². The average Bonchev–Trinajstić information content (AvgIpc) is 2.72. The highest BCUT2D eigenvalue weighted by Crippen LogP contribution is 2.28. The number of nitrogens with one attached hydrogen (secondary N) is 2. The van der Waals surface area contributed by atoms with E-state index >= 15 is 0 Å². The van der Waals surface area contributed by atoms with Gasteiger partial charge in [0, 0.05) is 24.2 Å². The van der Waals surface area contributed by atoms with Gasteiger partial charge in [0.1, 0.15) is 5.75 Å². The predicted octanol–water partition coefficient (Wildman–Crippen LogP) is 2.63. The van der Waals surface area contributed by atoms with Crippen LogP contribution in [0.15, 0.2) is 47.4 Å². The van der Waals surface area contributed by atoms with Crippen LogP contribution in [0.2, 0.25) is 0 Å². The van der Waals surface area contributed by atoms with Gasteiger partial charge in [0.05, 0.1) is 12.0 Å². The maximum absolute atomic E-state index is 11.4. The molecule has 1 fully saturated rings. The number of primary sulfonamides is 1. The summed E-state index contributed by atoms with van der Waals surface area (Å²) in [4.78, 5) is 0.115. The van der Waals surface area contributed by atoms with Crippen LogP contribution >= 0.6 is 0 Å². The van der Waals surface area contributed by atoms with Crippen LogP contribution < -0.4 is 20.5 Å². The molecule has 0 amide bonds. The number of nitrogens with two attached hydrogens (primary N) is 1. The van der Waals surface area contributed by atoms with E-state index in [-0.39, 0.29) is 4.90 Å². The minimum atomic E-state index is -3.68. The van der Waals surface area contributed by atoms with Gasteiger partial charge in [-0.3, -0.25) is 0 Å². The molecule has 7 heteroatoms. The Balaban J connectivity index is 1.73. The Hall–Kier alpha value is -1.93. The molecule has 0 spiro atoms. The molecule has 3 rings (SSSR count). The van der Waals surface area contributed by atoms with Gasteiger partial charge in [-0.1, -0.05) is 18.2 Å². The van der Waals surface area contributed by atoms with Gasteiger partial charge < -0.3 is 15.4 Å². The fraction of sp³-hybridized carbons (Fsp3) is 0.429. The van der Waals surface area contributed by atoms with Crippen LogP contribution in [0.5, 0.6) is 5.75 Å². The molecule has 2 aromatic carbocycles. The fourth-order valence-corrected chi connectivity index (χ4v) is 4.29. The fourth-order valence-electron chi connectivity index (χ4n) is 3.77. The van der Waals surface area contributed by atoms with Crippen LogP contribution in [-0.2, 0) is 16.6 Å². The molecule has 2 aromatic rings. The van der Waals surface area contributed by atoms with E-state index in [0.29, 0.717) is 12.1 Å². The lowest BCUT2D eigenvalue weighted by molar-refractivity contribution is 0.315. The summed E-state index contributed by atoms with van der Waals surface area (Å²) in [7, 11) is 0.0280. The standard InChI is InChI=1S/C21H29N3O3S/c1-23-18-6-8-19(9-7-18)24-14-17-13-16(5-12-21(17)27-2)15-3-10-20(11-4-15)28(22,25)26/h3-5,10-13,18-19,23-24H,6-9,14H2,1-2H3,(H2,22,25,26). The summed E-state index contributed by atoms with van der Waals surface area (Å²) in [5, 5.41) is 12.2. The van der Waals surface area contributed by atoms with Crippen LogP contribution in [0, 0.1) is 0 Å². The molecule has 0 aromatic heterocycles. The second-order valence-corrected chi connectivity index (χ2v) is 8.88. The predicted molar refractivity (Wildman–Crippen MR) is 112 cm³/mol. The Morgan fingerprint density at radius 1 is 1.00 bits per heavy atom. The minimum Gasteiger partial charge on any atom is -0.496 e. The largest absolute Gasteiger partial charge is 0.496 e. The first-order valence-corrected chi connectivity index (χ1v) is 11.2. The first kappa shape index (κ1) is 20.8. The molecule has 152 valence electrons. The summed E-state index contributed by atoms with van der Waals surface area (Å²) >= 11 is 0. The van der Waals surface area contributed by atoms with Crippen molar-refractivity contribution >= 4 is 10.0 Å². The molecule has 0 atom stereocenters. The van der Waals surface area contributed by atoms with Crippen LogP contribution in [-0.4, -0.2) is 34.7 Å². The number of methoxy groups -OCH3 is 1. The first-order valence-electron chi connectivity index (χ1n) is 9.61. The molecule has 6 nitrogen and oxygen atoms in total. The van der Waals surface area contributed by atoms with E-state index in [4.69, 9.17) is 9.88 Å². The third-order valence-electron chi connectivity index (χ3n) is 5.51. The zero-order valence-electron chi connectivity index (χ0n) is 16.4. The minimum absolute atomic E-state index is 0.115. The molecule has 0 radical (unpaired) electrons. The highest BCUT2D eigenvalue weighted by atomic mass is 32.2. The molecular weight excluding hydrogens is 374 g/mol. The van der Waals surface area contributed by atoms with Gasteiger partial charge >= 0.3 is 0 Å². The monoisotopic (exact) mass is 403 g/mol. The van der Waals surface area contributed by atoms with Gasteiger partial charge in [0.2, 0.25) is 10.0 Å². The molecule has 1 aliphatic rings. The molecule has 0 saturated heterocycles. The normalized spacial score (nSPS) is 20.1. The van der Waals surface area contributed by atoms with Crippen LogP contribution in [0.25, 0.3) is 11.1 Å². The summed E-state index contributed by atoms with van der Waals surface area (Å²) < 4.78 is 28.4. The lowest BCUT2D eigenvalue weighted by Crippen LogP contribution is -2.38. The van der Waals surface area contributed by atoms with Gasteiger partial charge in [-0.2, -0.15) is 0 Å². The molecule has 0 aliphatic heterocycles. The maximum Gasteiger partial charge on any atom is 0.238 e. The smallest absolute Gasteiger partial charge is 0.238 e. The molecule has 28 heavy (non-hydrogen) atoms. The Morgan fingerprint density at radius 3 is 2.18 bits per heavy atom. The SMILES string of the molecule is CNC1CCC(NCc2cc(-c3ccc(S(N)(=O)=O)cc3)ccc2OC)CC1. The van der Waals surface area contributed by atoms with Crippen molar-refractivity contribution in [3.63, 3.8) is 0 Å². The Kier molecular flexibility index (Phi) is 6.72. The molecule has 1 aliphatic carbocycles. The molecule has 0 bridgehead atoms. The van der Waals surface area contributed by atoms with E-state index in [2.05, 4.69) is 16.7 Å². The second-order valence-electron chi connectivity index (χ2n) is 7.31. The molecular formula is C21H29N3O3S. The van der Waals surface area contributed by atoms with E-state index in [0.717, 1.165) is 29.0 Å². The Bertz CT molecular complexity index is 890. The molecule has 0 heterocycles. The zero-order chi connectivity index (χ0) is 20.1. The molecule has 1 saturated carbocycles. The van der Waals surface area contributed by atoms with Crippen molar-refractivity contribution in [2.45, 2.75) is 49.2 Å². The number of ether oxygens (including phenoxy) is 1. The number of benzene rings is 2. The number of hydrogen-bond acceptors (Lipinski definition) is 5. The number of sulfonamides is 1. The Morgan fingerprint density at radius 2 is 1.61 bits per heavy atom. The number of hydrogen-bond donors (Lipinski definition) is 3. The third kappa shape index (κ3) is 5.11. The first-order chi connectivity index (χ1) is 13.4. The van der Waals surface area contributed by atoms with E-state index < -0.39 is 10.0 Å². The summed E-state index contributed by atoms with van der Waals surface area (Å²) in [5.74, 6) is 0.848. The van der Waals surface area contributed by atoms with E-state index in [9.17, 15) is 8.42 Å². The van der Waals surface area contributed by atoms with Gasteiger partial charge in [0.15, 0.2) is 0 Å². The summed E-state index contributed by atoms with van der Waals surface area (Å²) in [5.41, 5.74) is 3.04. The lowest BCUT2D eigenvalue weighted by Gasteiger charge is -2.29. The summed E-state index contributed by atoms with van der Waals surface area (Å²) in [6.07, 6.45) is 4.73. The van der Waals surface area contributed by atoms with E-state index in [1.165, 1.54) is 37.8 Å². The maximum atomic E-state index is 11.4. The topological polar surface area (TPSA) is 93.5 Å². The Labute approximate surface area is 167 Å². The van der Waals surface area contributed by atoms with Crippen molar-refractivity contribution in [1.82, 2.24) is 10.6 Å². The van der Waals surface area contributed by atoms with E-state index in [1.807, 2.05) is 19.2 Å². The lowest BCUT2D eigenvalue weighted by atomic mass is 9.91. The van der Waals surface area contributed by atoms with Gasteiger partial charge in [0.25, 0.3) is 0 Å². The van der Waals surface area contributed by atoms with Gasteiger partial charge in [-0.05, 0) is 68.1 Å². The average molecular weight is 404 g/mol. The highest BCUT2D eigenvalue weighted by Gasteiger charge is 2.20. The second kappa shape index (κ2) is 9.05. The van der Waals surface area contributed by atoms with Crippen LogP contribution in [0.1, 0.15) is 31.2 Å². The summed E-state index contributed by atoms with van der Waals surface area (Å²) in [6.45, 7) is 0.737. The van der Waals surface area contributed by atoms with Gasteiger partial charge in [-0.15, -0.1) is 0 Å². The van der Waals surface area contributed by atoms with Crippen molar-refractivity contribution in [3.05, 3.63) is 48.0 Å². The zero-order valence-corrected chi connectivity index (χ0v) is 17.3. The van der Waals surface area contributed by atoms with Crippen LogP contribution in [0.3, 0.4) is 0 Å². The quantitative estimate of drug-likeness (QED) is 0.661.